The van der Waals surface area contributed by atoms with E-state index in [4.69, 9.17) is 0 Å². The Bertz CT molecular complexity index is 536. The van der Waals surface area contributed by atoms with E-state index in [1.807, 2.05) is 11.8 Å². The summed E-state index contributed by atoms with van der Waals surface area (Å²) in [6.45, 7) is 5.31. The van der Waals surface area contributed by atoms with Crippen LogP contribution >= 0.6 is 0 Å². The van der Waals surface area contributed by atoms with Gasteiger partial charge in [-0.1, -0.05) is 36.2 Å². The summed E-state index contributed by atoms with van der Waals surface area (Å²) in [6.07, 6.45) is 4.42. The maximum atomic E-state index is 13.1. The number of piperidine rings is 1. The number of aryl methyl sites for hydroxylation is 1. The van der Waals surface area contributed by atoms with Crippen LogP contribution in [0.1, 0.15) is 50.2 Å². The van der Waals surface area contributed by atoms with Crippen LogP contribution in [0.15, 0.2) is 24.3 Å². The summed E-state index contributed by atoms with van der Waals surface area (Å²) < 4.78 is 0. The van der Waals surface area contributed by atoms with Gasteiger partial charge >= 0.3 is 0 Å². The molecule has 1 aromatic carbocycles. The van der Waals surface area contributed by atoms with Gasteiger partial charge in [0.2, 0.25) is 5.91 Å². The third kappa shape index (κ3) is 2.59. The van der Waals surface area contributed by atoms with Crippen molar-refractivity contribution in [2.24, 2.45) is 0 Å². The molecule has 0 aromatic heterocycles. The number of likely N-dealkylation sites (tertiary alicyclic amines) is 1. The zero-order valence-corrected chi connectivity index (χ0v) is 13.1. The van der Waals surface area contributed by atoms with E-state index in [1.165, 1.54) is 11.1 Å². The van der Waals surface area contributed by atoms with Crippen LogP contribution in [-0.4, -0.2) is 34.6 Å². The van der Waals surface area contributed by atoms with E-state index in [0.29, 0.717) is 25.9 Å². The van der Waals surface area contributed by atoms with Gasteiger partial charge in [-0.15, -0.1) is 0 Å². The average Bonchev–Trinajstić information content (AvgIpc) is 2.37. The minimum Gasteiger partial charge on any atom is -0.390 e. The molecule has 3 rings (SSSR count). The summed E-state index contributed by atoms with van der Waals surface area (Å²) in [7, 11) is 0. The van der Waals surface area contributed by atoms with E-state index in [0.717, 1.165) is 19.3 Å². The molecule has 1 aliphatic carbocycles. The first-order chi connectivity index (χ1) is 9.93. The fourth-order valence-corrected chi connectivity index (χ4v) is 3.59. The first-order valence-electron chi connectivity index (χ1n) is 8.02. The Morgan fingerprint density at radius 3 is 2.38 bits per heavy atom. The van der Waals surface area contributed by atoms with E-state index in [9.17, 15) is 9.90 Å². The molecule has 21 heavy (non-hydrogen) atoms. The zero-order chi connectivity index (χ0) is 15.1. The van der Waals surface area contributed by atoms with Crippen molar-refractivity contribution in [1.82, 2.24) is 4.90 Å². The number of amides is 1. The normalized spacial score (nSPS) is 23.5. The van der Waals surface area contributed by atoms with E-state index < -0.39 is 5.60 Å². The number of rotatable bonds is 2. The average molecular weight is 287 g/mol. The van der Waals surface area contributed by atoms with Gasteiger partial charge in [0, 0.05) is 13.1 Å². The van der Waals surface area contributed by atoms with Crippen LogP contribution in [0, 0.1) is 6.92 Å². The van der Waals surface area contributed by atoms with Crippen molar-refractivity contribution in [3.63, 3.8) is 0 Å². The van der Waals surface area contributed by atoms with Crippen LogP contribution in [0.5, 0.6) is 0 Å². The van der Waals surface area contributed by atoms with Crippen molar-refractivity contribution in [3.8, 4) is 0 Å². The lowest BCUT2D eigenvalue weighted by Gasteiger charge is -2.46. The van der Waals surface area contributed by atoms with Gasteiger partial charge in [-0.05, 0) is 45.1 Å². The molecule has 1 N–H and O–H groups in total. The minimum absolute atomic E-state index is 0.273. The van der Waals surface area contributed by atoms with Crippen molar-refractivity contribution < 1.29 is 9.90 Å². The maximum Gasteiger partial charge on any atom is 0.233 e. The molecule has 1 aromatic rings. The summed E-state index contributed by atoms with van der Waals surface area (Å²) >= 11 is 0. The van der Waals surface area contributed by atoms with Crippen molar-refractivity contribution in [2.45, 2.75) is 57.0 Å². The summed E-state index contributed by atoms with van der Waals surface area (Å²) in [5.41, 5.74) is 1.49. The Morgan fingerprint density at radius 2 is 1.86 bits per heavy atom. The van der Waals surface area contributed by atoms with Crippen molar-refractivity contribution >= 4 is 5.91 Å². The number of carbonyl (C=O) groups is 1. The van der Waals surface area contributed by atoms with Crippen LogP contribution in [0.2, 0.25) is 0 Å². The topological polar surface area (TPSA) is 40.5 Å². The minimum atomic E-state index is -0.604. The molecule has 0 spiro atoms. The third-order valence-corrected chi connectivity index (χ3v) is 5.31. The Kier molecular flexibility index (Phi) is 3.56. The summed E-state index contributed by atoms with van der Waals surface area (Å²) in [4.78, 5) is 15.0. The van der Waals surface area contributed by atoms with Crippen LogP contribution in [-0.2, 0) is 10.2 Å². The molecule has 0 bridgehead atoms. The van der Waals surface area contributed by atoms with E-state index in [1.54, 1.807) is 0 Å². The number of aliphatic hydroxyl groups is 1. The van der Waals surface area contributed by atoms with Gasteiger partial charge < -0.3 is 10.0 Å². The third-order valence-electron chi connectivity index (χ3n) is 5.31. The smallest absolute Gasteiger partial charge is 0.233 e. The molecule has 0 unspecified atom stereocenters. The van der Waals surface area contributed by atoms with Crippen LogP contribution in [0.4, 0.5) is 0 Å². The van der Waals surface area contributed by atoms with E-state index in [-0.39, 0.29) is 11.3 Å². The monoisotopic (exact) mass is 287 g/mol. The zero-order valence-electron chi connectivity index (χ0n) is 13.1. The Hall–Kier alpha value is -1.35. The Morgan fingerprint density at radius 1 is 1.19 bits per heavy atom. The molecule has 0 radical (unpaired) electrons. The largest absolute Gasteiger partial charge is 0.390 e. The van der Waals surface area contributed by atoms with Crippen LogP contribution < -0.4 is 0 Å². The molecule has 1 amide bonds. The number of carbonyl (C=O) groups excluding carboxylic acids is 1. The molecule has 114 valence electrons. The maximum absolute atomic E-state index is 13.1. The number of hydrogen-bond donors (Lipinski definition) is 1. The second-order valence-electron chi connectivity index (χ2n) is 7.09. The van der Waals surface area contributed by atoms with Gasteiger partial charge in [0.15, 0.2) is 0 Å². The summed E-state index contributed by atoms with van der Waals surface area (Å²) in [6, 6.07) is 8.40. The SMILES string of the molecule is Cc1cccc(C2(C(=O)N3CCC(C)(O)CC3)CCC2)c1. The van der Waals surface area contributed by atoms with Crippen molar-refractivity contribution in [2.75, 3.05) is 13.1 Å². The highest BCUT2D eigenvalue weighted by atomic mass is 16.3. The highest BCUT2D eigenvalue weighted by Gasteiger charge is 2.48. The van der Waals surface area contributed by atoms with Gasteiger partial charge in [-0.3, -0.25) is 4.79 Å². The van der Waals surface area contributed by atoms with Gasteiger partial charge in [0.05, 0.1) is 11.0 Å². The highest BCUT2D eigenvalue weighted by molar-refractivity contribution is 5.89. The number of hydrogen-bond acceptors (Lipinski definition) is 2. The van der Waals surface area contributed by atoms with Gasteiger partial charge in [0.25, 0.3) is 0 Å². The molecule has 0 atom stereocenters. The summed E-state index contributed by atoms with van der Waals surface area (Å²) in [5, 5.41) is 10.1. The lowest BCUT2D eigenvalue weighted by molar-refractivity contribution is -0.144. The first kappa shape index (κ1) is 14.6. The van der Waals surface area contributed by atoms with Gasteiger partial charge in [-0.2, -0.15) is 0 Å². The molecule has 2 aliphatic rings. The Balaban J connectivity index is 1.82. The summed E-state index contributed by atoms with van der Waals surface area (Å²) in [5.74, 6) is 0.273. The fraction of sp³-hybridized carbons (Fsp3) is 0.611. The second kappa shape index (κ2) is 5.13. The molecule has 1 saturated carbocycles. The highest BCUT2D eigenvalue weighted by Crippen LogP contribution is 2.46. The predicted octanol–water partition coefficient (Wildman–Crippen LogP) is 2.79. The lowest BCUT2D eigenvalue weighted by Crippen LogP contribution is -2.55. The molecule has 3 heteroatoms. The van der Waals surface area contributed by atoms with E-state index in [2.05, 4.69) is 31.2 Å². The molecule has 1 heterocycles. The Labute approximate surface area is 127 Å². The fourth-order valence-electron chi connectivity index (χ4n) is 3.59. The van der Waals surface area contributed by atoms with Gasteiger partial charge in [-0.25, -0.2) is 0 Å². The molecular weight excluding hydrogens is 262 g/mol. The lowest BCUT2D eigenvalue weighted by atomic mass is 9.63. The van der Waals surface area contributed by atoms with Crippen LogP contribution in [0.3, 0.4) is 0 Å². The van der Waals surface area contributed by atoms with Crippen molar-refractivity contribution in [1.29, 1.82) is 0 Å². The molecule has 2 fully saturated rings. The molecule has 1 aliphatic heterocycles. The van der Waals surface area contributed by atoms with E-state index >= 15 is 0 Å². The molecular formula is C18H25NO2. The molecule has 3 nitrogen and oxygen atoms in total. The second-order valence-corrected chi connectivity index (χ2v) is 7.09. The number of benzene rings is 1. The van der Waals surface area contributed by atoms with Crippen molar-refractivity contribution in [3.05, 3.63) is 35.4 Å². The quantitative estimate of drug-likeness (QED) is 0.908. The predicted molar refractivity (Wildman–Crippen MR) is 83.1 cm³/mol. The standard InChI is InChI=1S/C18H25NO2/c1-14-5-3-6-15(13-14)18(7-4-8-18)16(20)19-11-9-17(2,21)10-12-19/h3,5-6,13,21H,4,7-12H2,1-2H3. The first-order valence-corrected chi connectivity index (χ1v) is 8.02. The van der Waals surface area contributed by atoms with Gasteiger partial charge in [0.1, 0.15) is 0 Å². The van der Waals surface area contributed by atoms with Crippen LogP contribution in [0.25, 0.3) is 0 Å². The molecule has 1 saturated heterocycles. The number of nitrogens with zero attached hydrogens (tertiary/aromatic N) is 1.